The maximum atomic E-state index is 10.5. The minimum atomic E-state index is -1.14. The van der Waals surface area contributed by atoms with Gasteiger partial charge in [-0.05, 0) is 6.92 Å². The van der Waals surface area contributed by atoms with Crippen molar-refractivity contribution in [2.24, 2.45) is 0 Å². The Morgan fingerprint density at radius 1 is 1.64 bits per heavy atom. The van der Waals surface area contributed by atoms with E-state index in [1.807, 2.05) is 6.92 Å². The van der Waals surface area contributed by atoms with E-state index >= 15 is 0 Å². The molecule has 0 fully saturated rings. The highest BCUT2D eigenvalue weighted by molar-refractivity contribution is 5.85. The van der Waals surface area contributed by atoms with Crippen molar-refractivity contribution in [1.82, 2.24) is 15.1 Å². The summed E-state index contributed by atoms with van der Waals surface area (Å²) in [4.78, 5) is 17.4. The highest BCUT2D eigenvalue weighted by Crippen LogP contribution is 2.19. The van der Waals surface area contributed by atoms with Crippen molar-refractivity contribution in [1.29, 1.82) is 0 Å². The third kappa shape index (κ3) is 1.26. The van der Waals surface area contributed by atoms with Crippen molar-refractivity contribution >= 4 is 5.97 Å². The monoisotopic (exact) mass is 193 g/mol. The molecule has 2 aromatic rings. The van der Waals surface area contributed by atoms with Gasteiger partial charge in [-0.1, -0.05) is 5.16 Å². The maximum absolute atomic E-state index is 10.5. The third-order valence-electron chi connectivity index (χ3n) is 1.79. The van der Waals surface area contributed by atoms with Crippen LogP contribution in [0.5, 0.6) is 0 Å². The number of H-pyrrole nitrogens is 1. The van der Waals surface area contributed by atoms with Crippen LogP contribution in [-0.4, -0.2) is 26.2 Å². The van der Waals surface area contributed by atoms with Crippen LogP contribution in [0.3, 0.4) is 0 Å². The van der Waals surface area contributed by atoms with Gasteiger partial charge in [0, 0.05) is 11.8 Å². The molecule has 6 heteroatoms. The largest absolute Gasteiger partial charge is 0.475 e. The Balaban J connectivity index is 2.43. The van der Waals surface area contributed by atoms with Crippen LogP contribution in [-0.2, 0) is 0 Å². The van der Waals surface area contributed by atoms with E-state index in [-0.39, 0.29) is 5.76 Å². The van der Waals surface area contributed by atoms with Crippen LogP contribution in [0.25, 0.3) is 11.4 Å². The highest BCUT2D eigenvalue weighted by Gasteiger charge is 2.14. The summed E-state index contributed by atoms with van der Waals surface area (Å²) in [5.74, 6) is -1.33. The van der Waals surface area contributed by atoms with Gasteiger partial charge in [0.1, 0.15) is 11.4 Å². The lowest BCUT2D eigenvalue weighted by molar-refractivity contribution is 0.0652. The molecule has 0 unspecified atom stereocenters. The molecule has 0 amide bonds. The molecule has 2 rings (SSSR count). The lowest BCUT2D eigenvalue weighted by atomic mass is 10.2. The number of imidazole rings is 1. The molecule has 0 aliphatic heterocycles. The molecular weight excluding hydrogens is 186 g/mol. The molecule has 14 heavy (non-hydrogen) atoms. The Labute approximate surface area is 78.6 Å². The Morgan fingerprint density at radius 3 is 2.93 bits per heavy atom. The molecule has 2 heterocycles. The zero-order valence-electron chi connectivity index (χ0n) is 7.31. The number of aromatic amines is 1. The van der Waals surface area contributed by atoms with Crippen LogP contribution in [0.2, 0.25) is 0 Å². The number of hydrogen-bond donors (Lipinski definition) is 2. The van der Waals surface area contributed by atoms with Gasteiger partial charge in [0.2, 0.25) is 5.76 Å². The molecule has 2 aromatic heterocycles. The normalized spacial score (nSPS) is 10.4. The van der Waals surface area contributed by atoms with E-state index in [1.165, 1.54) is 12.4 Å². The molecule has 0 aromatic carbocycles. The molecule has 0 saturated heterocycles. The van der Waals surface area contributed by atoms with Crippen molar-refractivity contribution in [2.45, 2.75) is 6.92 Å². The highest BCUT2D eigenvalue weighted by atomic mass is 16.5. The summed E-state index contributed by atoms with van der Waals surface area (Å²) in [5.41, 5.74) is 1.83. The average Bonchev–Trinajstić information content (AvgIpc) is 2.71. The zero-order chi connectivity index (χ0) is 10.1. The minimum absolute atomic E-state index is 0.192. The van der Waals surface area contributed by atoms with Crippen LogP contribution in [0.1, 0.15) is 16.2 Å². The second-order valence-electron chi connectivity index (χ2n) is 2.76. The van der Waals surface area contributed by atoms with E-state index in [9.17, 15) is 4.79 Å². The Hall–Kier alpha value is -2.11. The molecule has 0 aliphatic rings. The molecule has 0 atom stereocenters. The lowest BCUT2D eigenvalue weighted by Gasteiger charge is -1.87. The maximum Gasteiger partial charge on any atom is 0.374 e. The Bertz CT molecular complexity index is 472. The van der Waals surface area contributed by atoms with Crippen LogP contribution < -0.4 is 0 Å². The standard InChI is InChI=1S/C8H7N3O3/c1-4-7(10-3-9-4)5-2-6(8(12)13)14-11-5/h2-3H,1H3,(H,9,10)(H,12,13). The van der Waals surface area contributed by atoms with Crippen LogP contribution >= 0.6 is 0 Å². The zero-order valence-corrected chi connectivity index (χ0v) is 7.31. The van der Waals surface area contributed by atoms with Crippen molar-refractivity contribution in [3.8, 4) is 11.4 Å². The predicted octanol–water partition coefficient (Wildman–Crippen LogP) is 1.07. The molecular formula is C8H7N3O3. The first-order chi connectivity index (χ1) is 6.68. The Morgan fingerprint density at radius 2 is 2.43 bits per heavy atom. The van der Waals surface area contributed by atoms with Gasteiger partial charge in [0.05, 0.1) is 6.33 Å². The summed E-state index contributed by atoms with van der Waals surface area (Å²) in [6.45, 7) is 1.82. The molecule has 72 valence electrons. The van der Waals surface area contributed by atoms with Gasteiger partial charge in [-0.2, -0.15) is 0 Å². The first-order valence-electron chi connectivity index (χ1n) is 3.89. The average molecular weight is 193 g/mol. The van der Waals surface area contributed by atoms with E-state index in [0.29, 0.717) is 11.4 Å². The third-order valence-corrected chi connectivity index (χ3v) is 1.79. The summed E-state index contributed by atoms with van der Waals surface area (Å²) in [6, 6.07) is 1.34. The SMILES string of the molecule is Cc1[nH]cnc1-c1cc(C(=O)O)on1. The summed E-state index contributed by atoms with van der Waals surface area (Å²) < 4.78 is 4.60. The van der Waals surface area contributed by atoms with E-state index in [2.05, 4.69) is 19.6 Å². The van der Waals surface area contributed by atoms with E-state index in [1.54, 1.807) is 0 Å². The predicted molar refractivity (Wildman–Crippen MR) is 45.8 cm³/mol. The first-order valence-corrected chi connectivity index (χ1v) is 3.89. The second kappa shape index (κ2) is 2.99. The number of carboxylic acid groups (broad SMARTS) is 1. The van der Waals surface area contributed by atoms with Gasteiger partial charge in [-0.15, -0.1) is 0 Å². The summed E-state index contributed by atoms with van der Waals surface area (Å²) >= 11 is 0. The van der Waals surface area contributed by atoms with E-state index in [4.69, 9.17) is 5.11 Å². The van der Waals surface area contributed by atoms with Gasteiger partial charge in [0.25, 0.3) is 0 Å². The smallest absolute Gasteiger partial charge is 0.374 e. The number of hydrogen-bond acceptors (Lipinski definition) is 4. The summed E-state index contributed by atoms with van der Waals surface area (Å²) in [6.07, 6.45) is 1.51. The number of nitrogens with one attached hydrogen (secondary N) is 1. The first kappa shape index (κ1) is 8.49. The number of rotatable bonds is 2. The number of aromatic nitrogens is 3. The number of aryl methyl sites for hydroxylation is 1. The molecule has 0 bridgehead atoms. The fraction of sp³-hybridized carbons (Fsp3) is 0.125. The van der Waals surface area contributed by atoms with Gasteiger partial charge in [-0.25, -0.2) is 9.78 Å². The van der Waals surface area contributed by atoms with Crippen molar-refractivity contribution in [3.05, 3.63) is 23.8 Å². The van der Waals surface area contributed by atoms with Gasteiger partial charge in [-0.3, -0.25) is 0 Å². The second-order valence-corrected chi connectivity index (χ2v) is 2.76. The van der Waals surface area contributed by atoms with Crippen molar-refractivity contribution < 1.29 is 14.4 Å². The van der Waals surface area contributed by atoms with Gasteiger partial charge in [0.15, 0.2) is 0 Å². The van der Waals surface area contributed by atoms with Crippen LogP contribution in [0.4, 0.5) is 0 Å². The lowest BCUT2D eigenvalue weighted by Crippen LogP contribution is -1.91. The van der Waals surface area contributed by atoms with Gasteiger partial charge < -0.3 is 14.6 Å². The summed E-state index contributed by atoms with van der Waals surface area (Å²) in [5, 5.41) is 12.2. The molecule has 2 N–H and O–H groups in total. The van der Waals surface area contributed by atoms with Gasteiger partial charge >= 0.3 is 5.97 Å². The van der Waals surface area contributed by atoms with E-state index < -0.39 is 5.97 Å². The van der Waals surface area contributed by atoms with Crippen LogP contribution in [0.15, 0.2) is 16.9 Å². The number of nitrogens with zero attached hydrogens (tertiary/aromatic N) is 2. The molecule has 0 saturated carbocycles. The van der Waals surface area contributed by atoms with Crippen molar-refractivity contribution in [2.75, 3.05) is 0 Å². The topological polar surface area (TPSA) is 92.0 Å². The molecule has 6 nitrogen and oxygen atoms in total. The Kier molecular flexibility index (Phi) is 1.81. The summed E-state index contributed by atoms with van der Waals surface area (Å²) in [7, 11) is 0. The number of carboxylic acids is 1. The molecule has 0 spiro atoms. The fourth-order valence-corrected chi connectivity index (χ4v) is 1.10. The number of aromatic carboxylic acids is 1. The van der Waals surface area contributed by atoms with E-state index in [0.717, 1.165) is 5.69 Å². The fourth-order valence-electron chi connectivity index (χ4n) is 1.10. The van der Waals surface area contributed by atoms with Crippen LogP contribution in [0, 0.1) is 6.92 Å². The molecule has 0 radical (unpaired) electrons. The molecule has 0 aliphatic carbocycles. The quantitative estimate of drug-likeness (QED) is 0.744. The minimum Gasteiger partial charge on any atom is -0.475 e. The van der Waals surface area contributed by atoms with Crippen molar-refractivity contribution in [3.63, 3.8) is 0 Å². The number of carbonyl (C=O) groups is 1.